The summed E-state index contributed by atoms with van der Waals surface area (Å²) in [6.07, 6.45) is 3.87. The molecule has 1 aromatic heterocycles. The average molecular weight is 312 g/mol. The van der Waals surface area contributed by atoms with Gasteiger partial charge in [-0.25, -0.2) is 4.39 Å². The molecule has 1 saturated carbocycles. The molecule has 0 amide bonds. The van der Waals surface area contributed by atoms with Crippen molar-refractivity contribution < 1.29 is 4.39 Å². The van der Waals surface area contributed by atoms with Crippen LogP contribution in [0.2, 0.25) is 0 Å². The van der Waals surface area contributed by atoms with Crippen molar-refractivity contribution in [1.29, 1.82) is 0 Å². The molecule has 0 spiro atoms. The smallest absolute Gasteiger partial charge is 0.151 e. The zero-order chi connectivity index (χ0) is 15.8. The summed E-state index contributed by atoms with van der Waals surface area (Å²) in [6, 6.07) is 9.71. The van der Waals surface area contributed by atoms with Crippen LogP contribution in [0.15, 0.2) is 30.3 Å². The Morgan fingerprint density at radius 3 is 2.78 bits per heavy atom. The molecule has 2 fully saturated rings. The molecule has 1 aromatic carbocycles. The molecule has 1 aliphatic carbocycles. The molecule has 2 heterocycles. The van der Waals surface area contributed by atoms with Crippen LogP contribution in [-0.4, -0.2) is 40.3 Å². The van der Waals surface area contributed by atoms with Gasteiger partial charge in [-0.3, -0.25) is 4.90 Å². The molecular weight excluding hydrogens is 291 g/mol. The molecule has 120 valence electrons. The van der Waals surface area contributed by atoms with Gasteiger partial charge in [0.05, 0.1) is 5.69 Å². The minimum atomic E-state index is -0.254. The van der Waals surface area contributed by atoms with E-state index in [0.29, 0.717) is 11.7 Å². The van der Waals surface area contributed by atoms with Gasteiger partial charge in [-0.15, -0.1) is 10.2 Å². The van der Waals surface area contributed by atoms with Crippen molar-refractivity contribution in [2.75, 3.05) is 18.4 Å². The van der Waals surface area contributed by atoms with E-state index in [4.69, 9.17) is 0 Å². The number of hydrogen-bond donors (Lipinski definition) is 1. The molecule has 1 aliphatic heterocycles. The van der Waals surface area contributed by atoms with E-state index in [2.05, 4.69) is 20.4 Å². The summed E-state index contributed by atoms with van der Waals surface area (Å²) in [5, 5.41) is 12.1. The van der Waals surface area contributed by atoms with Gasteiger partial charge < -0.3 is 5.32 Å². The normalized spacial score (nSPS) is 21.6. The number of benzene rings is 1. The molecule has 23 heavy (non-hydrogen) atoms. The summed E-state index contributed by atoms with van der Waals surface area (Å²) in [5.41, 5.74) is 2.51. The third kappa shape index (κ3) is 3.20. The number of hydrogen-bond acceptors (Lipinski definition) is 4. The highest BCUT2D eigenvalue weighted by atomic mass is 19.1. The summed E-state index contributed by atoms with van der Waals surface area (Å²) in [7, 11) is 0. The lowest BCUT2D eigenvalue weighted by molar-refractivity contribution is 0.326. The minimum Gasteiger partial charge on any atom is -0.364 e. The van der Waals surface area contributed by atoms with Crippen molar-refractivity contribution >= 4 is 5.82 Å². The van der Waals surface area contributed by atoms with E-state index in [1.54, 1.807) is 6.07 Å². The molecule has 4 rings (SSSR count). The van der Waals surface area contributed by atoms with Gasteiger partial charge in [0.1, 0.15) is 5.82 Å². The Bertz CT molecular complexity index is 714. The molecule has 2 aliphatic rings. The third-order valence-corrected chi connectivity index (χ3v) is 4.73. The van der Waals surface area contributed by atoms with Crippen LogP contribution in [0.4, 0.5) is 10.2 Å². The zero-order valence-electron chi connectivity index (χ0n) is 13.3. The Labute approximate surface area is 135 Å². The van der Waals surface area contributed by atoms with Crippen LogP contribution >= 0.6 is 0 Å². The first-order valence-corrected chi connectivity index (χ1v) is 8.30. The lowest BCUT2D eigenvalue weighted by atomic mass is 10.1. The summed E-state index contributed by atoms with van der Waals surface area (Å²) >= 11 is 0. The fourth-order valence-corrected chi connectivity index (χ4v) is 3.29. The first-order valence-electron chi connectivity index (χ1n) is 8.30. The fraction of sp³-hybridized carbons (Fsp3) is 0.444. The number of rotatable bonds is 4. The second-order valence-corrected chi connectivity index (χ2v) is 6.63. The van der Waals surface area contributed by atoms with E-state index in [-0.39, 0.29) is 5.82 Å². The van der Waals surface area contributed by atoms with Crippen molar-refractivity contribution in [2.45, 2.75) is 38.3 Å². The molecule has 0 bridgehead atoms. The molecule has 1 atom stereocenters. The number of aryl methyl sites for hydroxylation is 1. The zero-order valence-corrected chi connectivity index (χ0v) is 13.3. The minimum absolute atomic E-state index is 0.254. The van der Waals surface area contributed by atoms with E-state index in [0.717, 1.165) is 36.0 Å². The number of anilines is 1. The topological polar surface area (TPSA) is 41.1 Å². The molecular formula is C18H21FN4. The van der Waals surface area contributed by atoms with Crippen LogP contribution in [0, 0.1) is 12.7 Å². The van der Waals surface area contributed by atoms with Gasteiger partial charge in [-0.05, 0) is 49.9 Å². The van der Waals surface area contributed by atoms with Gasteiger partial charge in [-0.1, -0.05) is 12.1 Å². The van der Waals surface area contributed by atoms with Gasteiger partial charge in [0.25, 0.3) is 0 Å². The van der Waals surface area contributed by atoms with E-state index < -0.39 is 0 Å². The maximum atomic E-state index is 13.3. The maximum absolute atomic E-state index is 13.3. The molecule has 1 unspecified atom stereocenters. The number of halogens is 1. The van der Waals surface area contributed by atoms with E-state index in [1.165, 1.54) is 31.5 Å². The summed E-state index contributed by atoms with van der Waals surface area (Å²) < 4.78 is 13.3. The molecule has 1 saturated heterocycles. The highest BCUT2D eigenvalue weighted by Gasteiger charge is 2.34. The second-order valence-electron chi connectivity index (χ2n) is 6.63. The van der Waals surface area contributed by atoms with Gasteiger partial charge in [0, 0.05) is 30.7 Å². The molecule has 0 radical (unpaired) electrons. The van der Waals surface area contributed by atoms with Crippen LogP contribution in [-0.2, 0) is 0 Å². The largest absolute Gasteiger partial charge is 0.364 e. The second kappa shape index (κ2) is 5.89. The quantitative estimate of drug-likeness (QED) is 0.941. The summed E-state index contributed by atoms with van der Waals surface area (Å²) in [5.74, 6) is 0.586. The predicted molar refractivity (Wildman–Crippen MR) is 88.8 cm³/mol. The van der Waals surface area contributed by atoms with E-state index in [1.807, 2.05) is 19.1 Å². The maximum Gasteiger partial charge on any atom is 0.151 e. The van der Waals surface area contributed by atoms with Crippen LogP contribution in [0.3, 0.4) is 0 Å². The van der Waals surface area contributed by atoms with E-state index >= 15 is 0 Å². The fourth-order valence-electron chi connectivity index (χ4n) is 3.29. The van der Waals surface area contributed by atoms with Crippen molar-refractivity contribution in [3.05, 3.63) is 41.7 Å². The number of aromatic nitrogens is 2. The Kier molecular flexibility index (Phi) is 3.73. The molecule has 1 N–H and O–H groups in total. The van der Waals surface area contributed by atoms with Gasteiger partial charge in [0.15, 0.2) is 5.82 Å². The molecule has 5 heteroatoms. The van der Waals surface area contributed by atoms with Crippen LogP contribution in [0.5, 0.6) is 0 Å². The Balaban J connectivity index is 1.47. The van der Waals surface area contributed by atoms with Gasteiger partial charge in [-0.2, -0.15) is 0 Å². The molecule has 2 aromatic rings. The monoisotopic (exact) mass is 312 g/mol. The highest BCUT2D eigenvalue weighted by molar-refractivity contribution is 5.61. The van der Waals surface area contributed by atoms with Crippen LogP contribution in [0.25, 0.3) is 11.3 Å². The van der Waals surface area contributed by atoms with Crippen molar-refractivity contribution in [3.8, 4) is 11.3 Å². The average Bonchev–Trinajstić information content (AvgIpc) is 3.29. The lowest BCUT2D eigenvalue weighted by Gasteiger charge is -2.17. The number of likely N-dealkylation sites (tertiary alicyclic amines) is 1. The summed E-state index contributed by atoms with van der Waals surface area (Å²) in [6.45, 7) is 4.29. The number of nitrogens with one attached hydrogen (secondary N) is 1. The van der Waals surface area contributed by atoms with Crippen molar-refractivity contribution in [2.24, 2.45) is 0 Å². The van der Waals surface area contributed by atoms with Crippen molar-refractivity contribution in [1.82, 2.24) is 15.1 Å². The van der Waals surface area contributed by atoms with Crippen LogP contribution in [0.1, 0.15) is 24.8 Å². The predicted octanol–water partition coefficient (Wildman–Crippen LogP) is 3.24. The van der Waals surface area contributed by atoms with Crippen molar-refractivity contribution in [3.63, 3.8) is 0 Å². The summed E-state index contributed by atoms with van der Waals surface area (Å²) in [4.78, 5) is 2.57. The Morgan fingerprint density at radius 2 is 2.04 bits per heavy atom. The molecule has 4 nitrogen and oxygen atoms in total. The van der Waals surface area contributed by atoms with Crippen LogP contribution < -0.4 is 5.32 Å². The lowest BCUT2D eigenvalue weighted by Crippen LogP contribution is -2.28. The first-order chi connectivity index (χ1) is 11.2. The Hall–Kier alpha value is -2.01. The third-order valence-electron chi connectivity index (χ3n) is 4.73. The van der Waals surface area contributed by atoms with E-state index in [9.17, 15) is 4.39 Å². The first kappa shape index (κ1) is 14.6. The standard InChI is InChI=1S/C18H21FN4/c1-12-9-17(13-3-2-4-14(19)10-13)21-22-18(12)20-15-7-8-23(11-15)16-5-6-16/h2-4,9-10,15-16H,5-8,11H2,1H3,(H,20,22). The SMILES string of the molecule is Cc1cc(-c2cccc(F)c2)nnc1NC1CCN(C2CC2)C1. The Morgan fingerprint density at radius 1 is 1.17 bits per heavy atom. The highest BCUT2D eigenvalue weighted by Crippen LogP contribution is 2.31. The number of nitrogens with zero attached hydrogens (tertiary/aromatic N) is 3. The van der Waals surface area contributed by atoms with Gasteiger partial charge in [0.2, 0.25) is 0 Å². The van der Waals surface area contributed by atoms with Gasteiger partial charge >= 0.3 is 0 Å².